The molecule has 0 spiro atoms. The van der Waals surface area contributed by atoms with Gasteiger partial charge in [0.15, 0.2) is 5.88 Å². The van der Waals surface area contributed by atoms with Crippen molar-refractivity contribution in [2.45, 2.75) is 18.4 Å². The average Bonchev–Trinajstić information content (AvgIpc) is 3.48. The van der Waals surface area contributed by atoms with Gasteiger partial charge in [-0.2, -0.15) is 0 Å². The molecule has 0 saturated heterocycles. The molecule has 0 atom stereocenters. The van der Waals surface area contributed by atoms with E-state index in [0.29, 0.717) is 5.56 Å². The van der Waals surface area contributed by atoms with Gasteiger partial charge in [0.05, 0.1) is 30.5 Å². The summed E-state index contributed by atoms with van der Waals surface area (Å²) in [5.41, 5.74) is 1.53. The van der Waals surface area contributed by atoms with E-state index in [1.54, 1.807) is 19.2 Å². The number of nitrogens with one attached hydrogen (secondary N) is 2. The summed E-state index contributed by atoms with van der Waals surface area (Å²) in [5, 5.41) is 8.92. The molecule has 4 rings (SSSR count). The van der Waals surface area contributed by atoms with Crippen LogP contribution in [-0.2, 0) is 15.0 Å². The van der Waals surface area contributed by atoms with Crippen LogP contribution >= 0.6 is 0 Å². The fourth-order valence-corrected chi connectivity index (χ4v) is 3.38. The SMILES string of the molecule is COC(=O)c1ccc(C2(Nc3nccc4c3=C(OC)NCC=4)CC2)cc1. The smallest absolute Gasteiger partial charge is 0.337 e. The first kappa shape index (κ1) is 16.4. The zero-order valence-electron chi connectivity index (χ0n) is 14.8. The molecule has 6 heteroatoms. The lowest BCUT2D eigenvalue weighted by Crippen LogP contribution is -2.41. The van der Waals surface area contributed by atoms with E-state index in [2.05, 4.69) is 21.7 Å². The molecular weight excluding hydrogens is 330 g/mol. The van der Waals surface area contributed by atoms with Gasteiger partial charge >= 0.3 is 5.97 Å². The van der Waals surface area contributed by atoms with Gasteiger partial charge in [0, 0.05) is 12.7 Å². The van der Waals surface area contributed by atoms with Gasteiger partial charge in [0.2, 0.25) is 0 Å². The number of rotatable bonds is 5. The maximum Gasteiger partial charge on any atom is 0.337 e. The Morgan fingerprint density at radius 2 is 1.96 bits per heavy atom. The summed E-state index contributed by atoms with van der Waals surface area (Å²) < 4.78 is 10.3. The molecule has 1 fully saturated rings. The van der Waals surface area contributed by atoms with Gasteiger partial charge in [-0.05, 0) is 41.8 Å². The third kappa shape index (κ3) is 2.77. The normalized spacial score (nSPS) is 16.6. The summed E-state index contributed by atoms with van der Waals surface area (Å²) in [6.07, 6.45) is 5.95. The summed E-state index contributed by atoms with van der Waals surface area (Å²) >= 11 is 0. The van der Waals surface area contributed by atoms with Crippen LogP contribution in [-0.4, -0.2) is 31.7 Å². The van der Waals surface area contributed by atoms with Crippen LogP contribution in [0.15, 0.2) is 36.5 Å². The third-order valence-electron chi connectivity index (χ3n) is 4.97. The Morgan fingerprint density at radius 3 is 2.62 bits per heavy atom. The molecule has 1 aliphatic carbocycles. The van der Waals surface area contributed by atoms with Crippen LogP contribution in [0.5, 0.6) is 0 Å². The molecule has 134 valence electrons. The Hall–Kier alpha value is -3.02. The topological polar surface area (TPSA) is 72.5 Å². The summed E-state index contributed by atoms with van der Waals surface area (Å²) in [7, 11) is 3.05. The molecule has 1 aromatic carbocycles. The first-order valence-corrected chi connectivity index (χ1v) is 8.61. The second-order valence-electron chi connectivity index (χ2n) is 6.52. The quantitative estimate of drug-likeness (QED) is 0.785. The van der Waals surface area contributed by atoms with Gasteiger partial charge in [-0.25, -0.2) is 9.78 Å². The largest absolute Gasteiger partial charge is 0.482 e. The van der Waals surface area contributed by atoms with Gasteiger partial charge in [0.25, 0.3) is 0 Å². The van der Waals surface area contributed by atoms with E-state index in [0.717, 1.165) is 47.1 Å². The van der Waals surface area contributed by atoms with E-state index in [1.807, 2.05) is 24.4 Å². The molecule has 0 bridgehead atoms. The van der Waals surface area contributed by atoms with Crippen molar-refractivity contribution in [2.24, 2.45) is 0 Å². The van der Waals surface area contributed by atoms with Gasteiger partial charge in [-0.15, -0.1) is 0 Å². The predicted octanol–water partition coefficient (Wildman–Crippen LogP) is 1.07. The Balaban J connectivity index is 1.70. The molecule has 0 amide bonds. The van der Waals surface area contributed by atoms with Gasteiger partial charge in [-0.1, -0.05) is 18.2 Å². The molecule has 2 aliphatic rings. The lowest BCUT2D eigenvalue weighted by molar-refractivity contribution is 0.0600. The van der Waals surface area contributed by atoms with Crippen molar-refractivity contribution in [3.63, 3.8) is 0 Å². The van der Waals surface area contributed by atoms with Gasteiger partial charge < -0.3 is 20.1 Å². The summed E-state index contributed by atoms with van der Waals surface area (Å²) in [6.45, 7) is 0.736. The van der Waals surface area contributed by atoms with Crippen molar-refractivity contribution in [1.82, 2.24) is 10.3 Å². The first-order chi connectivity index (χ1) is 12.7. The zero-order valence-corrected chi connectivity index (χ0v) is 14.8. The molecule has 0 unspecified atom stereocenters. The molecule has 26 heavy (non-hydrogen) atoms. The molecular formula is C20H21N3O3. The Morgan fingerprint density at radius 1 is 1.19 bits per heavy atom. The molecule has 1 saturated carbocycles. The number of anilines is 1. The highest BCUT2D eigenvalue weighted by atomic mass is 16.5. The summed E-state index contributed by atoms with van der Waals surface area (Å²) in [4.78, 5) is 16.2. The second-order valence-corrected chi connectivity index (χ2v) is 6.52. The van der Waals surface area contributed by atoms with Gasteiger partial charge in [-0.3, -0.25) is 0 Å². The van der Waals surface area contributed by atoms with Crippen molar-refractivity contribution in [2.75, 3.05) is 26.1 Å². The number of methoxy groups -OCH3 is 2. The van der Waals surface area contributed by atoms with Crippen molar-refractivity contribution < 1.29 is 14.3 Å². The van der Waals surface area contributed by atoms with Crippen LogP contribution in [0.1, 0.15) is 28.8 Å². The number of esters is 1. The maximum atomic E-state index is 11.6. The van der Waals surface area contributed by atoms with Crippen molar-refractivity contribution in [3.05, 3.63) is 58.1 Å². The third-order valence-corrected chi connectivity index (χ3v) is 4.97. The molecule has 1 aliphatic heterocycles. The highest BCUT2D eigenvalue weighted by molar-refractivity contribution is 5.89. The summed E-state index contributed by atoms with van der Waals surface area (Å²) in [5.74, 6) is 1.21. The van der Waals surface area contributed by atoms with Crippen LogP contribution in [0.4, 0.5) is 5.82 Å². The van der Waals surface area contributed by atoms with Crippen LogP contribution in [0.25, 0.3) is 12.0 Å². The number of hydrogen-bond acceptors (Lipinski definition) is 6. The summed E-state index contributed by atoms with van der Waals surface area (Å²) in [6, 6.07) is 9.56. The average molecular weight is 351 g/mol. The number of carbonyl (C=O) groups is 1. The Kier molecular flexibility index (Phi) is 4.03. The Bertz CT molecular complexity index is 963. The first-order valence-electron chi connectivity index (χ1n) is 8.61. The lowest BCUT2D eigenvalue weighted by atomic mass is 10.0. The minimum Gasteiger partial charge on any atom is -0.482 e. The number of pyridine rings is 1. The number of aromatic nitrogens is 1. The second kappa shape index (κ2) is 6.37. The number of fused-ring (bicyclic) bond motifs is 1. The van der Waals surface area contributed by atoms with Crippen molar-refractivity contribution in [3.8, 4) is 0 Å². The lowest BCUT2D eigenvalue weighted by Gasteiger charge is -2.21. The van der Waals surface area contributed by atoms with Crippen LogP contribution in [0, 0.1) is 0 Å². The van der Waals surface area contributed by atoms with E-state index in [-0.39, 0.29) is 11.5 Å². The molecule has 2 N–H and O–H groups in total. The van der Waals surface area contributed by atoms with Gasteiger partial charge in [0.1, 0.15) is 5.82 Å². The van der Waals surface area contributed by atoms with E-state index in [1.165, 1.54) is 7.11 Å². The molecule has 6 nitrogen and oxygen atoms in total. The zero-order chi connectivity index (χ0) is 18.1. The van der Waals surface area contributed by atoms with Crippen LogP contribution in [0.2, 0.25) is 0 Å². The maximum absolute atomic E-state index is 11.6. The minimum atomic E-state index is -0.325. The van der Waals surface area contributed by atoms with E-state index >= 15 is 0 Å². The highest BCUT2D eigenvalue weighted by Gasteiger charge is 2.45. The fraction of sp³-hybridized carbons (Fsp3) is 0.300. The predicted molar refractivity (Wildman–Crippen MR) is 98.7 cm³/mol. The van der Waals surface area contributed by atoms with Crippen molar-refractivity contribution in [1.29, 1.82) is 0 Å². The number of nitrogens with zero attached hydrogens (tertiary/aromatic N) is 1. The molecule has 0 radical (unpaired) electrons. The van der Waals surface area contributed by atoms with E-state index < -0.39 is 0 Å². The van der Waals surface area contributed by atoms with Crippen LogP contribution < -0.4 is 21.1 Å². The number of hydrogen-bond donors (Lipinski definition) is 2. The number of benzene rings is 1. The van der Waals surface area contributed by atoms with Crippen LogP contribution in [0.3, 0.4) is 0 Å². The number of carbonyl (C=O) groups excluding carboxylic acids is 1. The Labute approximate surface area is 151 Å². The van der Waals surface area contributed by atoms with E-state index in [9.17, 15) is 4.79 Å². The standard InChI is InChI=1S/C20H21N3O3/c1-25-18-16-13(8-12-22-18)7-11-21-17(16)23-20(9-10-20)15-5-3-14(4-6-15)19(24)26-2/h3-8,11,22H,9-10,12H2,1-2H3,(H,21,23). The monoisotopic (exact) mass is 351 g/mol. The van der Waals surface area contributed by atoms with E-state index in [4.69, 9.17) is 9.47 Å². The number of ether oxygens (including phenoxy) is 2. The molecule has 2 heterocycles. The molecule has 1 aromatic heterocycles. The minimum absolute atomic E-state index is 0.160. The fourth-order valence-electron chi connectivity index (χ4n) is 3.38. The van der Waals surface area contributed by atoms with Crippen molar-refractivity contribution >= 4 is 23.7 Å². The highest BCUT2D eigenvalue weighted by Crippen LogP contribution is 2.47. The molecule has 2 aromatic rings.